The van der Waals surface area contributed by atoms with Crippen LogP contribution in [0.2, 0.25) is 0 Å². The number of rotatable bonds is 3. The van der Waals surface area contributed by atoms with Crippen LogP contribution in [0.4, 0.5) is 0 Å². The first-order valence-electron chi connectivity index (χ1n) is 7.44. The number of nitrogens with one attached hydrogen (secondary N) is 1. The Kier molecular flexibility index (Phi) is 4.82. The molecule has 1 fully saturated rings. The predicted molar refractivity (Wildman–Crippen MR) is 79.2 cm³/mol. The Hall–Kier alpha value is -0.820. The highest BCUT2D eigenvalue weighted by atomic mass is 14.8. The molecule has 100 valence electrons. The molecule has 0 bridgehead atoms. The first-order valence-corrected chi connectivity index (χ1v) is 7.44. The molecule has 0 radical (unpaired) electrons. The van der Waals surface area contributed by atoms with Crippen molar-refractivity contribution in [1.29, 1.82) is 0 Å². The molecule has 0 amide bonds. The van der Waals surface area contributed by atoms with Crippen LogP contribution in [-0.2, 0) is 0 Å². The van der Waals surface area contributed by atoms with Crippen molar-refractivity contribution in [3.63, 3.8) is 0 Å². The Morgan fingerprint density at radius 2 is 1.89 bits per heavy atom. The number of benzene rings is 1. The van der Waals surface area contributed by atoms with Crippen LogP contribution in [0, 0.1) is 19.8 Å². The van der Waals surface area contributed by atoms with E-state index in [-0.39, 0.29) is 0 Å². The second-order valence-electron chi connectivity index (χ2n) is 5.92. The van der Waals surface area contributed by atoms with Gasteiger partial charge in [0.05, 0.1) is 0 Å². The quantitative estimate of drug-likeness (QED) is 0.787. The fourth-order valence-electron chi connectivity index (χ4n) is 3.54. The number of aryl methyl sites for hydroxylation is 2. The molecular weight excluding hydrogens is 218 g/mol. The summed E-state index contributed by atoms with van der Waals surface area (Å²) in [5, 5.41) is 3.40. The standard InChI is InChI=1S/C17H27N/c1-13-9-10-16(14(2)11-13)17-8-6-4-5-7-15(17)12-18-3/h9-11,15,17-18H,4-8,12H2,1-3H3. The van der Waals surface area contributed by atoms with Gasteiger partial charge in [-0.05, 0) is 63.2 Å². The van der Waals surface area contributed by atoms with Gasteiger partial charge in [-0.3, -0.25) is 0 Å². The summed E-state index contributed by atoms with van der Waals surface area (Å²) in [5.74, 6) is 1.58. The molecule has 0 saturated heterocycles. The fraction of sp³-hybridized carbons (Fsp3) is 0.647. The van der Waals surface area contributed by atoms with Gasteiger partial charge in [-0.25, -0.2) is 0 Å². The molecule has 2 rings (SSSR count). The normalized spacial score (nSPS) is 24.8. The van der Waals surface area contributed by atoms with E-state index >= 15 is 0 Å². The van der Waals surface area contributed by atoms with Crippen molar-refractivity contribution in [3.8, 4) is 0 Å². The highest BCUT2D eigenvalue weighted by Gasteiger charge is 2.25. The van der Waals surface area contributed by atoms with Gasteiger partial charge in [0.15, 0.2) is 0 Å². The monoisotopic (exact) mass is 245 g/mol. The van der Waals surface area contributed by atoms with E-state index < -0.39 is 0 Å². The molecule has 2 unspecified atom stereocenters. The summed E-state index contributed by atoms with van der Waals surface area (Å²) in [6.45, 7) is 5.64. The van der Waals surface area contributed by atoms with Gasteiger partial charge in [-0.15, -0.1) is 0 Å². The van der Waals surface area contributed by atoms with E-state index in [9.17, 15) is 0 Å². The predicted octanol–water partition coefficient (Wildman–Crippen LogP) is 4.19. The van der Waals surface area contributed by atoms with E-state index in [1.54, 1.807) is 5.56 Å². The van der Waals surface area contributed by atoms with E-state index in [1.165, 1.54) is 43.2 Å². The summed E-state index contributed by atoms with van der Waals surface area (Å²) in [4.78, 5) is 0. The molecule has 1 aromatic rings. The molecule has 1 N–H and O–H groups in total. The molecule has 1 nitrogen and oxygen atoms in total. The minimum atomic E-state index is 0.764. The minimum Gasteiger partial charge on any atom is -0.319 e. The maximum Gasteiger partial charge on any atom is -0.00177 e. The van der Waals surface area contributed by atoms with Crippen LogP contribution in [0.15, 0.2) is 18.2 Å². The molecule has 0 aliphatic heterocycles. The Labute approximate surface area is 112 Å². The maximum absolute atomic E-state index is 3.40. The summed E-state index contributed by atoms with van der Waals surface area (Å²) in [7, 11) is 2.09. The van der Waals surface area contributed by atoms with Gasteiger partial charge in [-0.2, -0.15) is 0 Å². The smallest absolute Gasteiger partial charge is 0.00177 e. The third-order valence-corrected chi connectivity index (χ3v) is 4.45. The van der Waals surface area contributed by atoms with Gasteiger partial charge in [-0.1, -0.05) is 43.0 Å². The molecule has 0 aromatic heterocycles. The van der Waals surface area contributed by atoms with E-state index in [4.69, 9.17) is 0 Å². The summed E-state index contributed by atoms with van der Waals surface area (Å²) >= 11 is 0. The molecule has 1 saturated carbocycles. The highest BCUT2D eigenvalue weighted by Crippen LogP contribution is 2.37. The van der Waals surface area contributed by atoms with Crippen LogP contribution in [0.25, 0.3) is 0 Å². The molecule has 1 aliphatic carbocycles. The van der Waals surface area contributed by atoms with Crippen molar-refractivity contribution < 1.29 is 0 Å². The fourth-order valence-corrected chi connectivity index (χ4v) is 3.54. The van der Waals surface area contributed by atoms with Crippen molar-refractivity contribution in [1.82, 2.24) is 5.32 Å². The van der Waals surface area contributed by atoms with E-state index in [0.717, 1.165) is 18.4 Å². The molecule has 18 heavy (non-hydrogen) atoms. The first kappa shape index (κ1) is 13.6. The van der Waals surface area contributed by atoms with Crippen LogP contribution in [0.3, 0.4) is 0 Å². The molecule has 0 spiro atoms. The van der Waals surface area contributed by atoms with E-state index in [0.29, 0.717) is 0 Å². The van der Waals surface area contributed by atoms with E-state index in [2.05, 4.69) is 44.4 Å². The van der Waals surface area contributed by atoms with Crippen molar-refractivity contribution in [2.45, 2.75) is 51.9 Å². The van der Waals surface area contributed by atoms with Gasteiger partial charge in [0.1, 0.15) is 0 Å². The van der Waals surface area contributed by atoms with Crippen LogP contribution >= 0.6 is 0 Å². The zero-order valence-corrected chi connectivity index (χ0v) is 12.1. The molecule has 1 heteroatoms. The molecule has 1 aliphatic rings. The van der Waals surface area contributed by atoms with Crippen molar-refractivity contribution in [2.24, 2.45) is 5.92 Å². The third kappa shape index (κ3) is 3.14. The van der Waals surface area contributed by atoms with Crippen LogP contribution in [0.5, 0.6) is 0 Å². The average Bonchev–Trinajstić information content (AvgIpc) is 2.56. The van der Waals surface area contributed by atoms with Gasteiger partial charge in [0.2, 0.25) is 0 Å². The molecular formula is C17H27N. The van der Waals surface area contributed by atoms with Crippen molar-refractivity contribution in [2.75, 3.05) is 13.6 Å². The molecule has 2 atom stereocenters. The van der Waals surface area contributed by atoms with Crippen molar-refractivity contribution in [3.05, 3.63) is 34.9 Å². The average molecular weight is 245 g/mol. The lowest BCUT2D eigenvalue weighted by Gasteiger charge is -2.27. The Balaban J connectivity index is 2.25. The summed E-state index contributed by atoms with van der Waals surface area (Å²) < 4.78 is 0. The minimum absolute atomic E-state index is 0.764. The Morgan fingerprint density at radius 1 is 1.11 bits per heavy atom. The van der Waals surface area contributed by atoms with Crippen LogP contribution in [-0.4, -0.2) is 13.6 Å². The second kappa shape index (κ2) is 6.38. The Morgan fingerprint density at radius 3 is 2.61 bits per heavy atom. The topological polar surface area (TPSA) is 12.0 Å². The van der Waals surface area contributed by atoms with Gasteiger partial charge in [0.25, 0.3) is 0 Å². The van der Waals surface area contributed by atoms with Gasteiger partial charge >= 0.3 is 0 Å². The highest BCUT2D eigenvalue weighted by molar-refractivity contribution is 5.33. The summed E-state index contributed by atoms with van der Waals surface area (Å²) in [6.07, 6.45) is 6.99. The third-order valence-electron chi connectivity index (χ3n) is 4.45. The maximum atomic E-state index is 3.40. The summed E-state index contributed by atoms with van der Waals surface area (Å²) in [5.41, 5.74) is 4.47. The lowest BCUT2D eigenvalue weighted by Crippen LogP contribution is -2.24. The SMILES string of the molecule is CNCC1CCCCCC1c1ccc(C)cc1C. The van der Waals surface area contributed by atoms with E-state index in [1.807, 2.05) is 0 Å². The van der Waals surface area contributed by atoms with Crippen molar-refractivity contribution >= 4 is 0 Å². The summed E-state index contributed by atoms with van der Waals surface area (Å²) in [6, 6.07) is 7.00. The van der Waals surface area contributed by atoms with Crippen LogP contribution in [0.1, 0.15) is 54.7 Å². The second-order valence-corrected chi connectivity index (χ2v) is 5.92. The zero-order chi connectivity index (χ0) is 13.0. The van der Waals surface area contributed by atoms with Gasteiger partial charge in [0, 0.05) is 0 Å². The first-order chi connectivity index (χ1) is 8.72. The Bertz CT molecular complexity index is 383. The number of hydrogen-bond donors (Lipinski definition) is 1. The molecule has 1 aromatic carbocycles. The zero-order valence-electron chi connectivity index (χ0n) is 12.1. The van der Waals surface area contributed by atoms with Crippen LogP contribution < -0.4 is 5.32 Å². The largest absolute Gasteiger partial charge is 0.319 e. The molecule has 0 heterocycles. The lowest BCUT2D eigenvalue weighted by molar-refractivity contribution is 0.385. The van der Waals surface area contributed by atoms with Gasteiger partial charge < -0.3 is 5.32 Å². The lowest BCUT2D eigenvalue weighted by atomic mass is 9.80. The number of hydrogen-bond acceptors (Lipinski definition) is 1.